The van der Waals surface area contributed by atoms with E-state index < -0.39 is 11.9 Å². The molecule has 2 N–H and O–H groups in total. The first kappa shape index (κ1) is 14.4. The highest BCUT2D eigenvalue weighted by atomic mass is 16.4. The quantitative estimate of drug-likeness (QED) is 0.745. The number of amides is 1. The van der Waals surface area contributed by atoms with Crippen LogP contribution in [0, 0.1) is 17.8 Å². The molecule has 0 aromatic carbocycles. The molecule has 2 aliphatic rings. The highest BCUT2D eigenvalue weighted by Gasteiger charge is 2.42. The zero-order chi connectivity index (χ0) is 13.8. The molecule has 2 aliphatic carbocycles. The second kappa shape index (κ2) is 6.40. The Labute approximate surface area is 115 Å². The van der Waals surface area contributed by atoms with E-state index in [0.29, 0.717) is 12.3 Å². The molecule has 108 valence electrons. The Morgan fingerprint density at radius 2 is 1.89 bits per heavy atom. The Balaban J connectivity index is 1.85. The third kappa shape index (κ3) is 3.28. The minimum absolute atomic E-state index is 0.0216. The largest absolute Gasteiger partial charge is 0.481 e. The number of hydrogen-bond acceptors (Lipinski definition) is 2. The summed E-state index contributed by atoms with van der Waals surface area (Å²) in [5.74, 6) is -0.958. The number of carboxylic acid groups (broad SMARTS) is 1. The number of unbranched alkanes of at least 4 members (excludes halogenated alkanes) is 1. The van der Waals surface area contributed by atoms with Crippen LogP contribution < -0.4 is 5.32 Å². The molecule has 2 fully saturated rings. The number of rotatable bonds is 7. The van der Waals surface area contributed by atoms with Crippen LogP contribution in [-0.4, -0.2) is 23.0 Å². The van der Waals surface area contributed by atoms with E-state index in [-0.39, 0.29) is 17.9 Å². The van der Waals surface area contributed by atoms with Gasteiger partial charge in [0.15, 0.2) is 0 Å². The minimum Gasteiger partial charge on any atom is -0.481 e. The summed E-state index contributed by atoms with van der Waals surface area (Å²) in [6.07, 6.45) is 8.38. The van der Waals surface area contributed by atoms with Crippen molar-refractivity contribution in [1.29, 1.82) is 0 Å². The second-order valence-corrected chi connectivity index (χ2v) is 6.08. The zero-order valence-corrected chi connectivity index (χ0v) is 11.7. The van der Waals surface area contributed by atoms with Crippen molar-refractivity contribution in [3.63, 3.8) is 0 Å². The van der Waals surface area contributed by atoms with E-state index >= 15 is 0 Å². The SMILES string of the molecule is CCCCC(NC(=O)C1CCC1C(=O)O)C1CCC1. The highest BCUT2D eigenvalue weighted by molar-refractivity contribution is 5.86. The van der Waals surface area contributed by atoms with Gasteiger partial charge in [-0.1, -0.05) is 26.2 Å². The van der Waals surface area contributed by atoms with Crippen LogP contribution in [0.5, 0.6) is 0 Å². The lowest BCUT2D eigenvalue weighted by Gasteiger charge is -2.38. The molecule has 19 heavy (non-hydrogen) atoms. The number of hydrogen-bond donors (Lipinski definition) is 2. The molecule has 0 aromatic rings. The normalized spacial score (nSPS) is 28.1. The third-order valence-corrected chi connectivity index (χ3v) is 4.84. The predicted octanol–water partition coefficient (Wildman–Crippen LogP) is 2.57. The maximum atomic E-state index is 12.2. The van der Waals surface area contributed by atoms with Crippen molar-refractivity contribution in [2.75, 3.05) is 0 Å². The Morgan fingerprint density at radius 3 is 2.32 bits per heavy atom. The number of carbonyl (C=O) groups is 2. The van der Waals surface area contributed by atoms with Crippen LogP contribution in [0.15, 0.2) is 0 Å². The minimum atomic E-state index is -0.819. The Kier molecular flexibility index (Phi) is 4.83. The van der Waals surface area contributed by atoms with E-state index in [0.717, 1.165) is 25.7 Å². The van der Waals surface area contributed by atoms with E-state index in [4.69, 9.17) is 5.11 Å². The van der Waals surface area contributed by atoms with Gasteiger partial charge in [0.2, 0.25) is 5.91 Å². The molecule has 4 nitrogen and oxygen atoms in total. The van der Waals surface area contributed by atoms with Gasteiger partial charge in [-0.2, -0.15) is 0 Å². The Bertz CT molecular complexity index is 338. The first-order valence-corrected chi connectivity index (χ1v) is 7.66. The molecule has 4 heteroatoms. The average molecular weight is 267 g/mol. The van der Waals surface area contributed by atoms with Gasteiger partial charge in [-0.25, -0.2) is 0 Å². The van der Waals surface area contributed by atoms with Gasteiger partial charge in [0, 0.05) is 6.04 Å². The molecule has 1 amide bonds. The number of carboxylic acids is 1. The van der Waals surface area contributed by atoms with Gasteiger partial charge in [-0.3, -0.25) is 9.59 Å². The third-order valence-electron chi connectivity index (χ3n) is 4.84. The van der Waals surface area contributed by atoms with E-state index in [2.05, 4.69) is 12.2 Å². The second-order valence-electron chi connectivity index (χ2n) is 6.08. The van der Waals surface area contributed by atoms with Crippen molar-refractivity contribution in [1.82, 2.24) is 5.32 Å². The summed E-state index contributed by atoms with van der Waals surface area (Å²) in [4.78, 5) is 23.2. The molecule has 0 bridgehead atoms. The molecule has 0 radical (unpaired) electrons. The maximum absolute atomic E-state index is 12.2. The van der Waals surface area contributed by atoms with Crippen LogP contribution in [0.4, 0.5) is 0 Å². The van der Waals surface area contributed by atoms with Crippen molar-refractivity contribution >= 4 is 11.9 Å². The van der Waals surface area contributed by atoms with Gasteiger partial charge in [0.25, 0.3) is 0 Å². The summed E-state index contributed by atoms with van der Waals surface area (Å²) >= 11 is 0. The van der Waals surface area contributed by atoms with Crippen molar-refractivity contribution < 1.29 is 14.7 Å². The van der Waals surface area contributed by atoms with Gasteiger partial charge >= 0.3 is 5.97 Å². The molecule has 2 rings (SSSR count). The topological polar surface area (TPSA) is 66.4 Å². The molecule has 3 atom stereocenters. The fraction of sp³-hybridized carbons (Fsp3) is 0.867. The summed E-state index contributed by atoms with van der Waals surface area (Å²) in [7, 11) is 0. The smallest absolute Gasteiger partial charge is 0.307 e. The molecular formula is C15H25NO3. The lowest BCUT2D eigenvalue weighted by molar-refractivity contribution is -0.153. The van der Waals surface area contributed by atoms with Crippen molar-refractivity contribution in [2.45, 2.75) is 64.3 Å². The molecule has 0 spiro atoms. The molecule has 0 saturated heterocycles. The van der Waals surface area contributed by atoms with E-state index in [1.165, 1.54) is 19.3 Å². The summed E-state index contributed by atoms with van der Waals surface area (Å²) in [5, 5.41) is 12.2. The van der Waals surface area contributed by atoms with E-state index in [1.807, 2.05) is 0 Å². The van der Waals surface area contributed by atoms with Gasteiger partial charge in [0.1, 0.15) is 0 Å². The highest BCUT2D eigenvalue weighted by Crippen LogP contribution is 2.36. The van der Waals surface area contributed by atoms with E-state index in [9.17, 15) is 9.59 Å². The van der Waals surface area contributed by atoms with Crippen LogP contribution in [-0.2, 0) is 9.59 Å². The van der Waals surface area contributed by atoms with Gasteiger partial charge in [-0.15, -0.1) is 0 Å². The molecule has 2 saturated carbocycles. The van der Waals surface area contributed by atoms with Crippen LogP contribution >= 0.6 is 0 Å². The summed E-state index contributed by atoms with van der Waals surface area (Å²) in [5.41, 5.74) is 0. The number of aliphatic carboxylic acids is 1. The van der Waals surface area contributed by atoms with Gasteiger partial charge in [0.05, 0.1) is 11.8 Å². The van der Waals surface area contributed by atoms with Crippen molar-refractivity contribution in [3.05, 3.63) is 0 Å². The van der Waals surface area contributed by atoms with Crippen LogP contribution in [0.1, 0.15) is 58.3 Å². The molecule has 3 unspecified atom stereocenters. The van der Waals surface area contributed by atoms with Crippen molar-refractivity contribution in [3.8, 4) is 0 Å². The van der Waals surface area contributed by atoms with Crippen LogP contribution in [0.3, 0.4) is 0 Å². The predicted molar refractivity (Wildman–Crippen MR) is 72.6 cm³/mol. The first-order chi connectivity index (χ1) is 9.13. The zero-order valence-electron chi connectivity index (χ0n) is 11.7. The molecule has 0 aliphatic heterocycles. The fourth-order valence-electron chi connectivity index (χ4n) is 3.09. The molecule has 0 aromatic heterocycles. The average Bonchev–Trinajstić information content (AvgIpc) is 2.20. The summed E-state index contributed by atoms with van der Waals surface area (Å²) in [6.45, 7) is 2.16. The summed E-state index contributed by atoms with van der Waals surface area (Å²) < 4.78 is 0. The van der Waals surface area contributed by atoms with Crippen LogP contribution in [0.25, 0.3) is 0 Å². The maximum Gasteiger partial charge on any atom is 0.307 e. The Morgan fingerprint density at radius 1 is 1.21 bits per heavy atom. The van der Waals surface area contributed by atoms with Crippen LogP contribution in [0.2, 0.25) is 0 Å². The fourth-order valence-corrected chi connectivity index (χ4v) is 3.09. The Hall–Kier alpha value is -1.06. The molecule has 0 heterocycles. The van der Waals surface area contributed by atoms with Crippen molar-refractivity contribution in [2.24, 2.45) is 17.8 Å². The van der Waals surface area contributed by atoms with E-state index in [1.54, 1.807) is 0 Å². The standard InChI is InChI=1S/C15H25NO3/c1-2-3-7-13(10-5-4-6-10)16-14(17)11-8-9-12(11)15(18)19/h10-13H,2-9H2,1H3,(H,16,17)(H,18,19). The lowest BCUT2D eigenvalue weighted by atomic mass is 9.72. The lowest BCUT2D eigenvalue weighted by Crippen LogP contribution is -2.50. The number of carbonyl (C=O) groups excluding carboxylic acids is 1. The monoisotopic (exact) mass is 267 g/mol. The summed E-state index contributed by atoms with van der Waals surface area (Å²) in [6, 6.07) is 0.274. The van der Waals surface area contributed by atoms with Gasteiger partial charge in [-0.05, 0) is 38.0 Å². The van der Waals surface area contributed by atoms with Gasteiger partial charge < -0.3 is 10.4 Å². The first-order valence-electron chi connectivity index (χ1n) is 7.66. The number of nitrogens with one attached hydrogen (secondary N) is 1. The molecular weight excluding hydrogens is 242 g/mol.